The molecular formula is C15H16N4S4. The maximum absolute atomic E-state index is 4.62. The van der Waals surface area contributed by atoms with Crippen molar-refractivity contribution in [3.05, 3.63) is 40.9 Å². The topological polar surface area (TPSA) is 50.7 Å². The number of nitrogens with zero attached hydrogens (tertiary/aromatic N) is 3. The number of hydrogen-bond acceptors (Lipinski definition) is 8. The van der Waals surface area contributed by atoms with E-state index in [0.717, 1.165) is 36.7 Å². The molecule has 0 aliphatic heterocycles. The second-order valence-electron chi connectivity index (χ2n) is 4.69. The Labute approximate surface area is 152 Å². The Hall–Kier alpha value is -1.09. The number of anilines is 2. The van der Waals surface area contributed by atoms with E-state index in [9.17, 15) is 0 Å². The number of aromatic nitrogens is 3. The lowest BCUT2D eigenvalue weighted by molar-refractivity contribution is 0.954. The number of aryl methyl sites for hydroxylation is 1. The van der Waals surface area contributed by atoms with E-state index in [1.54, 1.807) is 46.2 Å². The second-order valence-corrected chi connectivity index (χ2v) is 9.26. The van der Waals surface area contributed by atoms with Gasteiger partial charge in [-0.3, -0.25) is 0 Å². The fraction of sp³-hybridized carbons (Fsp3) is 0.267. The predicted molar refractivity (Wildman–Crippen MR) is 102 cm³/mol. The molecule has 0 aliphatic carbocycles. The average molecular weight is 381 g/mol. The zero-order chi connectivity index (χ0) is 16.1. The molecule has 0 aliphatic rings. The maximum Gasteiger partial charge on any atom is 0.187 e. The van der Waals surface area contributed by atoms with Crippen molar-refractivity contribution in [1.29, 1.82) is 0 Å². The van der Waals surface area contributed by atoms with Gasteiger partial charge in [-0.1, -0.05) is 59.5 Å². The molecule has 2 aromatic heterocycles. The van der Waals surface area contributed by atoms with E-state index >= 15 is 0 Å². The summed E-state index contributed by atoms with van der Waals surface area (Å²) in [5.41, 5.74) is 3.38. The average Bonchev–Trinajstić information content (AvgIpc) is 3.17. The Morgan fingerprint density at radius 2 is 1.83 bits per heavy atom. The minimum absolute atomic E-state index is 0.817. The molecule has 2 heterocycles. The fourth-order valence-electron chi connectivity index (χ4n) is 1.76. The number of nitrogens with one attached hydrogen (secondary N) is 1. The largest absolute Gasteiger partial charge is 0.332 e. The summed E-state index contributed by atoms with van der Waals surface area (Å²) >= 11 is 6.70. The van der Waals surface area contributed by atoms with Crippen LogP contribution < -0.4 is 5.32 Å². The van der Waals surface area contributed by atoms with Crippen molar-refractivity contribution in [2.24, 2.45) is 0 Å². The molecule has 0 amide bonds. The summed E-state index contributed by atoms with van der Waals surface area (Å²) in [6, 6.07) is 8.32. The summed E-state index contributed by atoms with van der Waals surface area (Å²) in [4.78, 5) is 4.62. The predicted octanol–water partition coefficient (Wildman–Crippen LogP) is 5.45. The van der Waals surface area contributed by atoms with Crippen LogP contribution in [-0.2, 0) is 5.75 Å². The zero-order valence-electron chi connectivity index (χ0n) is 12.8. The minimum atomic E-state index is 0.817. The highest BCUT2D eigenvalue weighted by Crippen LogP contribution is 2.31. The van der Waals surface area contributed by atoms with Crippen LogP contribution in [0.25, 0.3) is 0 Å². The molecule has 4 nitrogen and oxygen atoms in total. The second kappa shape index (κ2) is 8.14. The Balaban J connectivity index is 1.55. The van der Waals surface area contributed by atoms with Crippen molar-refractivity contribution < 1.29 is 0 Å². The molecule has 1 aromatic carbocycles. The molecule has 0 spiro atoms. The molecule has 3 rings (SSSR count). The summed E-state index contributed by atoms with van der Waals surface area (Å²) in [6.45, 7) is 4.21. The summed E-state index contributed by atoms with van der Waals surface area (Å²) in [6.07, 6.45) is 0. The first-order chi connectivity index (χ1) is 11.2. The first kappa shape index (κ1) is 16.8. The molecule has 23 heavy (non-hydrogen) atoms. The number of hydrogen-bond donors (Lipinski definition) is 1. The third-order valence-electron chi connectivity index (χ3n) is 2.85. The highest BCUT2D eigenvalue weighted by molar-refractivity contribution is 8.02. The Kier molecular flexibility index (Phi) is 5.93. The van der Waals surface area contributed by atoms with E-state index < -0.39 is 0 Å². The Morgan fingerprint density at radius 1 is 1.09 bits per heavy atom. The normalized spacial score (nSPS) is 10.9. The molecule has 1 N–H and O–H groups in total. The third kappa shape index (κ3) is 4.94. The highest BCUT2D eigenvalue weighted by atomic mass is 32.2. The highest BCUT2D eigenvalue weighted by Gasteiger charge is 2.07. The SMILES string of the molecule is CCSc1nnc(SCc2csc(Nc3ccc(C)cc3)n2)s1. The van der Waals surface area contributed by atoms with Gasteiger partial charge in [-0.25, -0.2) is 4.98 Å². The van der Waals surface area contributed by atoms with Crippen LogP contribution in [0, 0.1) is 6.92 Å². The van der Waals surface area contributed by atoms with Gasteiger partial charge in [-0.2, -0.15) is 0 Å². The van der Waals surface area contributed by atoms with Gasteiger partial charge in [0.05, 0.1) is 5.69 Å². The van der Waals surface area contributed by atoms with Gasteiger partial charge in [0, 0.05) is 16.8 Å². The lowest BCUT2D eigenvalue weighted by Crippen LogP contribution is -1.90. The zero-order valence-corrected chi connectivity index (χ0v) is 16.0. The summed E-state index contributed by atoms with van der Waals surface area (Å²) in [5.74, 6) is 1.84. The molecule has 0 atom stereocenters. The van der Waals surface area contributed by atoms with Crippen molar-refractivity contribution in [2.75, 3.05) is 11.1 Å². The molecule has 0 radical (unpaired) electrons. The smallest absolute Gasteiger partial charge is 0.187 e. The van der Waals surface area contributed by atoms with Crippen molar-refractivity contribution in [3.8, 4) is 0 Å². The van der Waals surface area contributed by atoms with Crippen LogP contribution in [0.1, 0.15) is 18.2 Å². The molecular weight excluding hydrogens is 364 g/mol. The van der Waals surface area contributed by atoms with Gasteiger partial charge in [-0.15, -0.1) is 21.5 Å². The maximum atomic E-state index is 4.62. The van der Waals surface area contributed by atoms with Crippen LogP contribution in [0.5, 0.6) is 0 Å². The summed E-state index contributed by atoms with van der Waals surface area (Å²) < 4.78 is 2.04. The quantitative estimate of drug-likeness (QED) is 0.550. The van der Waals surface area contributed by atoms with Gasteiger partial charge in [0.1, 0.15) is 0 Å². The molecule has 120 valence electrons. The summed E-state index contributed by atoms with van der Waals surface area (Å²) in [7, 11) is 0. The number of thiazole rings is 1. The van der Waals surface area contributed by atoms with Crippen molar-refractivity contribution >= 4 is 57.0 Å². The van der Waals surface area contributed by atoms with Crippen LogP contribution in [0.4, 0.5) is 10.8 Å². The van der Waals surface area contributed by atoms with Crippen LogP contribution in [0.2, 0.25) is 0 Å². The van der Waals surface area contributed by atoms with E-state index in [1.165, 1.54) is 5.56 Å². The lowest BCUT2D eigenvalue weighted by Gasteiger charge is -2.02. The van der Waals surface area contributed by atoms with Crippen molar-refractivity contribution in [2.45, 2.75) is 28.3 Å². The van der Waals surface area contributed by atoms with Crippen LogP contribution in [-0.4, -0.2) is 20.9 Å². The summed E-state index contributed by atoms with van der Waals surface area (Å²) in [5, 5.41) is 14.7. The molecule has 0 fully saturated rings. The van der Waals surface area contributed by atoms with E-state index in [1.807, 2.05) is 0 Å². The molecule has 0 saturated carbocycles. The third-order valence-corrected chi connectivity index (χ3v) is 6.77. The van der Waals surface area contributed by atoms with Gasteiger partial charge >= 0.3 is 0 Å². The van der Waals surface area contributed by atoms with Gasteiger partial charge < -0.3 is 5.32 Å². The molecule has 8 heteroatoms. The van der Waals surface area contributed by atoms with Gasteiger partial charge in [0.15, 0.2) is 13.8 Å². The Morgan fingerprint density at radius 3 is 2.57 bits per heavy atom. The monoisotopic (exact) mass is 380 g/mol. The minimum Gasteiger partial charge on any atom is -0.332 e. The van der Waals surface area contributed by atoms with E-state index in [2.05, 4.69) is 64.0 Å². The number of benzene rings is 1. The van der Waals surface area contributed by atoms with E-state index in [4.69, 9.17) is 0 Å². The first-order valence-corrected chi connectivity index (χ1v) is 10.8. The molecule has 0 bridgehead atoms. The van der Waals surface area contributed by atoms with Crippen molar-refractivity contribution in [3.63, 3.8) is 0 Å². The van der Waals surface area contributed by atoms with Crippen LogP contribution in [0.3, 0.4) is 0 Å². The van der Waals surface area contributed by atoms with Gasteiger partial charge in [0.2, 0.25) is 0 Å². The molecule has 3 aromatic rings. The van der Waals surface area contributed by atoms with Crippen LogP contribution >= 0.6 is 46.2 Å². The van der Waals surface area contributed by atoms with Crippen LogP contribution in [0.15, 0.2) is 38.3 Å². The van der Waals surface area contributed by atoms with Gasteiger partial charge in [0.25, 0.3) is 0 Å². The molecule has 0 unspecified atom stereocenters. The molecule has 0 saturated heterocycles. The van der Waals surface area contributed by atoms with Gasteiger partial charge in [-0.05, 0) is 24.8 Å². The fourth-order valence-corrected chi connectivity index (χ4v) is 5.41. The van der Waals surface area contributed by atoms with E-state index in [0.29, 0.717) is 0 Å². The number of rotatable bonds is 7. The standard InChI is InChI=1S/C15H16N4S4/c1-3-20-14-18-19-15(23-14)22-9-12-8-21-13(17-12)16-11-6-4-10(2)5-7-11/h4-8H,3,9H2,1-2H3,(H,16,17). The Bertz CT molecular complexity index is 751. The first-order valence-electron chi connectivity index (χ1n) is 7.10. The van der Waals surface area contributed by atoms with Crippen molar-refractivity contribution in [1.82, 2.24) is 15.2 Å². The number of thioether (sulfide) groups is 2. The lowest BCUT2D eigenvalue weighted by atomic mass is 10.2. The van der Waals surface area contributed by atoms with E-state index in [-0.39, 0.29) is 0 Å².